The number of thiazole rings is 1. The highest BCUT2D eigenvalue weighted by atomic mass is 32.1. The van der Waals surface area contributed by atoms with Gasteiger partial charge in [0.25, 0.3) is 0 Å². The van der Waals surface area contributed by atoms with Gasteiger partial charge in [-0.05, 0) is 12.8 Å². The van der Waals surface area contributed by atoms with E-state index in [-0.39, 0.29) is 5.91 Å². The van der Waals surface area contributed by atoms with Gasteiger partial charge in [-0.3, -0.25) is 9.69 Å². The van der Waals surface area contributed by atoms with Crippen LogP contribution in [0.4, 0.5) is 5.13 Å². The molecule has 1 fully saturated rings. The van der Waals surface area contributed by atoms with E-state index in [9.17, 15) is 4.79 Å². The third-order valence-electron chi connectivity index (χ3n) is 1.97. The zero-order chi connectivity index (χ0) is 8.39. The molecule has 12 heavy (non-hydrogen) atoms. The molecule has 0 atom stereocenters. The molecule has 1 aliphatic rings. The second-order valence-corrected chi connectivity index (χ2v) is 3.69. The van der Waals surface area contributed by atoms with Crippen molar-refractivity contribution < 1.29 is 4.79 Å². The normalized spacial score (nSPS) is 18.3. The van der Waals surface area contributed by atoms with Crippen LogP contribution in [0.2, 0.25) is 0 Å². The first-order chi connectivity index (χ1) is 5.88. The number of aromatic nitrogens is 1. The van der Waals surface area contributed by atoms with Crippen molar-refractivity contribution in [2.24, 2.45) is 0 Å². The van der Waals surface area contributed by atoms with E-state index in [0.717, 1.165) is 24.5 Å². The molecule has 0 aromatic carbocycles. The van der Waals surface area contributed by atoms with Crippen LogP contribution < -0.4 is 4.90 Å². The summed E-state index contributed by atoms with van der Waals surface area (Å²) in [4.78, 5) is 17.3. The first-order valence-electron chi connectivity index (χ1n) is 4.08. The van der Waals surface area contributed by atoms with Crippen LogP contribution in [0.3, 0.4) is 0 Å². The summed E-state index contributed by atoms with van der Waals surface area (Å²) >= 11 is 1.53. The average Bonchev–Trinajstić information content (AvgIpc) is 2.57. The highest BCUT2D eigenvalue weighted by Gasteiger charge is 2.20. The largest absolute Gasteiger partial charge is 0.288 e. The van der Waals surface area contributed by atoms with Crippen LogP contribution in [0.1, 0.15) is 19.3 Å². The minimum absolute atomic E-state index is 0.219. The third kappa shape index (κ3) is 1.34. The van der Waals surface area contributed by atoms with Crippen molar-refractivity contribution in [3.63, 3.8) is 0 Å². The average molecular weight is 182 g/mol. The summed E-state index contributed by atoms with van der Waals surface area (Å²) in [6.45, 7) is 0.840. The molecule has 2 heterocycles. The molecule has 64 valence electrons. The summed E-state index contributed by atoms with van der Waals surface area (Å²) in [5.41, 5.74) is 0. The van der Waals surface area contributed by atoms with Crippen molar-refractivity contribution in [3.8, 4) is 0 Å². The van der Waals surface area contributed by atoms with Gasteiger partial charge in [0.05, 0.1) is 0 Å². The predicted molar refractivity (Wildman–Crippen MR) is 48.3 cm³/mol. The molecule has 0 unspecified atom stereocenters. The van der Waals surface area contributed by atoms with Gasteiger partial charge in [0.1, 0.15) is 0 Å². The van der Waals surface area contributed by atoms with E-state index >= 15 is 0 Å². The van der Waals surface area contributed by atoms with Crippen LogP contribution in [-0.4, -0.2) is 17.4 Å². The monoisotopic (exact) mass is 182 g/mol. The zero-order valence-electron chi connectivity index (χ0n) is 6.69. The molecule has 4 heteroatoms. The predicted octanol–water partition coefficient (Wildman–Crippen LogP) is 1.66. The highest BCUT2D eigenvalue weighted by molar-refractivity contribution is 7.13. The number of hydrogen-bond donors (Lipinski definition) is 0. The van der Waals surface area contributed by atoms with Gasteiger partial charge in [0, 0.05) is 24.5 Å². The lowest BCUT2D eigenvalue weighted by Gasteiger charge is -2.23. The van der Waals surface area contributed by atoms with Crippen molar-refractivity contribution in [3.05, 3.63) is 11.6 Å². The van der Waals surface area contributed by atoms with Gasteiger partial charge < -0.3 is 0 Å². The molecule has 0 radical (unpaired) electrons. The molecule has 0 saturated carbocycles. The number of anilines is 1. The lowest BCUT2D eigenvalue weighted by atomic mass is 10.1. The Morgan fingerprint density at radius 2 is 2.42 bits per heavy atom. The number of piperidine rings is 1. The second-order valence-electron chi connectivity index (χ2n) is 2.82. The number of hydrogen-bond acceptors (Lipinski definition) is 3. The van der Waals surface area contributed by atoms with Gasteiger partial charge in [-0.15, -0.1) is 11.3 Å². The highest BCUT2D eigenvalue weighted by Crippen LogP contribution is 2.22. The van der Waals surface area contributed by atoms with Gasteiger partial charge in [0.2, 0.25) is 5.91 Å². The van der Waals surface area contributed by atoms with Crippen LogP contribution in [0.5, 0.6) is 0 Å². The van der Waals surface area contributed by atoms with E-state index in [4.69, 9.17) is 0 Å². The van der Waals surface area contributed by atoms with Crippen LogP contribution >= 0.6 is 11.3 Å². The van der Waals surface area contributed by atoms with Crippen molar-refractivity contribution in [1.29, 1.82) is 0 Å². The maximum absolute atomic E-state index is 11.4. The Balaban J connectivity index is 2.17. The fourth-order valence-electron chi connectivity index (χ4n) is 1.36. The Kier molecular flexibility index (Phi) is 2.08. The quantitative estimate of drug-likeness (QED) is 0.661. The van der Waals surface area contributed by atoms with Gasteiger partial charge in [-0.2, -0.15) is 0 Å². The fraction of sp³-hybridized carbons (Fsp3) is 0.500. The van der Waals surface area contributed by atoms with E-state index in [2.05, 4.69) is 4.98 Å². The molecule has 1 saturated heterocycles. The summed E-state index contributed by atoms with van der Waals surface area (Å²) in [5.74, 6) is 0.219. The number of carbonyl (C=O) groups is 1. The fourth-order valence-corrected chi connectivity index (χ4v) is 2.04. The Labute approximate surface area is 75.0 Å². The summed E-state index contributed by atoms with van der Waals surface area (Å²) in [5, 5.41) is 2.75. The molecule has 0 bridgehead atoms. The molecule has 3 nitrogen and oxygen atoms in total. The van der Waals surface area contributed by atoms with Crippen LogP contribution in [0.15, 0.2) is 11.6 Å². The van der Waals surface area contributed by atoms with Gasteiger partial charge in [0.15, 0.2) is 5.13 Å². The summed E-state index contributed by atoms with van der Waals surface area (Å²) in [6.07, 6.45) is 4.55. The van der Waals surface area contributed by atoms with E-state index in [1.54, 1.807) is 11.1 Å². The minimum Gasteiger partial charge on any atom is -0.288 e. The SMILES string of the molecule is O=C1CCCCN1c1nccs1. The molecule has 1 aromatic heterocycles. The van der Waals surface area contributed by atoms with E-state index in [1.807, 2.05) is 5.38 Å². The molecule has 2 rings (SSSR count). The standard InChI is InChI=1S/C8H10N2OS/c11-7-3-1-2-5-10(7)8-9-4-6-12-8/h4,6H,1-3,5H2. The molecule has 0 spiro atoms. The Morgan fingerprint density at radius 3 is 3.08 bits per heavy atom. The number of rotatable bonds is 1. The Bertz CT molecular complexity index is 271. The summed E-state index contributed by atoms with van der Waals surface area (Å²) < 4.78 is 0. The summed E-state index contributed by atoms with van der Waals surface area (Å²) in [7, 11) is 0. The molecular formula is C8H10N2OS. The van der Waals surface area contributed by atoms with Crippen LogP contribution in [0.25, 0.3) is 0 Å². The Hall–Kier alpha value is -0.900. The Morgan fingerprint density at radius 1 is 1.50 bits per heavy atom. The molecule has 1 aromatic rings. The molecule has 1 amide bonds. The van der Waals surface area contributed by atoms with Crippen molar-refractivity contribution in [1.82, 2.24) is 4.98 Å². The van der Waals surface area contributed by atoms with Crippen LogP contribution in [0, 0.1) is 0 Å². The van der Waals surface area contributed by atoms with Crippen LogP contribution in [-0.2, 0) is 4.79 Å². The number of nitrogens with zero attached hydrogens (tertiary/aromatic N) is 2. The number of carbonyl (C=O) groups excluding carboxylic acids is 1. The molecule has 1 aliphatic heterocycles. The lowest BCUT2D eigenvalue weighted by Crippen LogP contribution is -2.34. The van der Waals surface area contributed by atoms with Gasteiger partial charge >= 0.3 is 0 Å². The third-order valence-corrected chi connectivity index (χ3v) is 2.77. The van der Waals surface area contributed by atoms with E-state index < -0.39 is 0 Å². The van der Waals surface area contributed by atoms with Gasteiger partial charge in [-0.1, -0.05) is 0 Å². The smallest absolute Gasteiger partial charge is 0.228 e. The number of amides is 1. The first-order valence-corrected chi connectivity index (χ1v) is 4.96. The first kappa shape index (κ1) is 7.73. The maximum Gasteiger partial charge on any atom is 0.228 e. The van der Waals surface area contributed by atoms with Crippen molar-refractivity contribution >= 4 is 22.4 Å². The minimum atomic E-state index is 0.219. The maximum atomic E-state index is 11.4. The molecule has 0 aliphatic carbocycles. The van der Waals surface area contributed by atoms with E-state index in [1.165, 1.54) is 11.3 Å². The van der Waals surface area contributed by atoms with Crippen molar-refractivity contribution in [2.75, 3.05) is 11.4 Å². The van der Waals surface area contributed by atoms with Crippen molar-refractivity contribution in [2.45, 2.75) is 19.3 Å². The second kappa shape index (κ2) is 3.23. The van der Waals surface area contributed by atoms with E-state index in [0.29, 0.717) is 6.42 Å². The summed E-state index contributed by atoms with van der Waals surface area (Å²) in [6, 6.07) is 0. The van der Waals surface area contributed by atoms with Gasteiger partial charge in [-0.25, -0.2) is 4.98 Å². The molecular weight excluding hydrogens is 172 g/mol. The lowest BCUT2D eigenvalue weighted by molar-refractivity contribution is -0.119. The topological polar surface area (TPSA) is 33.2 Å². The molecule has 0 N–H and O–H groups in total. The zero-order valence-corrected chi connectivity index (χ0v) is 7.51.